The molecule has 0 fully saturated rings. The van der Waals surface area contributed by atoms with Crippen molar-refractivity contribution in [2.24, 2.45) is 0 Å². The number of allylic oxidation sites excluding steroid dienone is 2. The number of carbonyl (C=O) groups is 2. The van der Waals surface area contributed by atoms with Crippen LogP contribution in [0.2, 0.25) is 0 Å². The summed E-state index contributed by atoms with van der Waals surface area (Å²) >= 11 is 0. The predicted octanol–water partition coefficient (Wildman–Crippen LogP) is 1.42. The highest BCUT2D eigenvalue weighted by Crippen LogP contribution is 2.33. The van der Waals surface area contributed by atoms with Crippen molar-refractivity contribution < 1.29 is 24.2 Å². The van der Waals surface area contributed by atoms with Crippen molar-refractivity contribution in [1.29, 1.82) is 0 Å². The van der Waals surface area contributed by atoms with Crippen LogP contribution in [0.1, 0.15) is 13.8 Å². The summed E-state index contributed by atoms with van der Waals surface area (Å²) in [6.45, 7) is 3.09. The van der Waals surface area contributed by atoms with Crippen molar-refractivity contribution in [3.63, 3.8) is 0 Å². The molecule has 92 valence electrons. The van der Waals surface area contributed by atoms with E-state index in [2.05, 4.69) is 9.47 Å². The number of methoxy groups -OCH3 is 2. The van der Waals surface area contributed by atoms with Crippen LogP contribution in [0.5, 0.6) is 0 Å². The van der Waals surface area contributed by atoms with Gasteiger partial charge in [0.2, 0.25) is 0 Å². The summed E-state index contributed by atoms with van der Waals surface area (Å²) in [5.74, 6) is -1.36. The normalized spacial score (nSPS) is 17.8. The van der Waals surface area contributed by atoms with Crippen LogP contribution in [0.4, 0.5) is 0 Å². The van der Waals surface area contributed by atoms with Gasteiger partial charge in [-0.3, -0.25) is 0 Å². The molecule has 1 aliphatic rings. The van der Waals surface area contributed by atoms with E-state index in [0.29, 0.717) is 5.57 Å². The van der Waals surface area contributed by atoms with E-state index in [1.165, 1.54) is 21.1 Å². The second kappa shape index (κ2) is 4.86. The van der Waals surface area contributed by atoms with Crippen LogP contribution in [0.3, 0.4) is 0 Å². The molecular weight excluding hydrogens is 224 g/mol. The number of esters is 2. The van der Waals surface area contributed by atoms with Gasteiger partial charge in [-0.2, -0.15) is 0 Å². The van der Waals surface area contributed by atoms with Gasteiger partial charge in [0.05, 0.1) is 31.1 Å². The Morgan fingerprint density at radius 2 is 1.59 bits per heavy atom. The molecule has 0 saturated carbocycles. The summed E-state index contributed by atoms with van der Waals surface area (Å²) in [5, 5.41) is 9.50. The molecule has 0 bridgehead atoms. The summed E-state index contributed by atoms with van der Waals surface area (Å²) in [6.07, 6.45) is 1.55. The quantitative estimate of drug-likeness (QED) is 0.581. The fraction of sp³-hybridized carbons (Fsp3) is 0.333. The molecule has 0 heterocycles. The Morgan fingerprint density at radius 3 is 2.00 bits per heavy atom. The topological polar surface area (TPSA) is 72.8 Å². The zero-order valence-corrected chi connectivity index (χ0v) is 10.2. The molecule has 1 N–H and O–H groups in total. The van der Waals surface area contributed by atoms with Crippen LogP contribution in [-0.2, 0) is 19.1 Å². The third-order valence-corrected chi connectivity index (χ3v) is 2.44. The van der Waals surface area contributed by atoms with Crippen LogP contribution in [0.25, 0.3) is 0 Å². The molecule has 17 heavy (non-hydrogen) atoms. The Bertz CT molecular complexity index is 461. The van der Waals surface area contributed by atoms with Gasteiger partial charge in [-0.15, -0.1) is 0 Å². The fourth-order valence-corrected chi connectivity index (χ4v) is 1.66. The van der Waals surface area contributed by atoms with E-state index < -0.39 is 11.9 Å². The number of hydrogen-bond acceptors (Lipinski definition) is 5. The molecule has 0 aromatic heterocycles. The summed E-state index contributed by atoms with van der Waals surface area (Å²) in [7, 11) is 2.44. The molecule has 5 heteroatoms. The molecule has 0 radical (unpaired) electrons. The SMILES string of the molecule is COC(=O)C1=C(C(=O)OC)/C(=C(/C)O)C=C1C. The van der Waals surface area contributed by atoms with Gasteiger partial charge in [0.1, 0.15) is 0 Å². The van der Waals surface area contributed by atoms with E-state index in [9.17, 15) is 14.7 Å². The highest BCUT2D eigenvalue weighted by molar-refractivity contribution is 6.09. The van der Waals surface area contributed by atoms with Crippen LogP contribution in [0, 0.1) is 0 Å². The number of aliphatic hydroxyl groups excluding tert-OH is 1. The van der Waals surface area contributed by atoms with E-state index in [1.807, 2.05) is 0 Å². The zero-order valence-electron chi connectivity index (χ0n) is 10.2. The molecular formula is C12H14O5. The van der Waals surface area contributed by atoms with E-state index >= 15 is 0 Å². The molecule has 0 amide bonds. The Hall–Kier alpha value is -2.04. The second-order valence-corrected chi connectivity index (χ2v) is 3.56. The molecule has 0 spiro atoms. The molecule has 0 unspecified atom stereocenters. The van der Waals surface area contributed by atoms with Crippen molar-refractivity contribution in [3.05, 3.63) is 34.1 Å². The highest BCUT2D eigenvalue weighted by atomic mass is 16.5. The van der Waals surface area contributed by atoms with Gasteiger partial charge in [0.25, 0.3) is 0 Å². The first kappa shape index (κ1) is 13.0. The third-order valence-electron chi connectivity index (χ3n) is 2.44. The molecule has 0 aromatic carbocycles. The lowest BCUT2D eigenvalue weighted by Crippen LogP contribution is -2.13. The van der Waals surface area contributed by atoms with Crippen molar-refractivity contribution >= 4 is 11.9 Å². The Morgan fingerprint density at radius 1 is 1.12 bits per heavy atom. The van der Waals surface area contributed by atoms with Gasteiger partial charge in [-0.05, 0) is 25.5 Å². The van der Waals surface area contributed by atoms with Crippen molar-refractivity contribution in [2.75, 3.05) is 14.2 Å². The van der Waals surface area contributed by atoms with Crippen LogP contribution in [0.15, 0.2) is 34.1 Å². The van der Waals surface area contributed by atoms with Gasteiger partial charge < -0.3 is 14.6 Å². The lowest BCUT2D eigenvalue weighted by Gasteiger charge is -2.07. The molecule has 0 aromatic rings. The number of ether oxygens (including phenoxy) is 2. The standard InChI is InChI=1S/C12H14O5/c1-6-5-8(7(2)13)10(12(15)17-4)9(6)11(14)16-3/h5,13H,1-4H3/b8-7-. The van der Waals surface area contributed by atoms with Gasteiger partial charge in [-0.25, -0.2) is 9.59 Å². The summed E-state index contributed by atoms with van der Waals surface area (Å²) in [5.41, 5.74) is 1.01. The van der Waals surface area contributed by atoms with Crippen molar-refractivity contribution in [3.8, 4) is 0 Å². The van der Waals surface area contributed by atoms with E-state index in [1.54, 1.807) is 13.0 Å². The van der Waals surface area contributed by atoms with Gasteiger partial charge in [-0.1, -0.05) is 0 Å². The maximum absolute atomic E-state index is 11.6. The summed E-state index contributed by atoms with van der Waals surface area (Å²) in [4.78, 5) is 23.2. The number of rotatable bonds is 2. The first-order chi connectivity index (χ1) is 7.93. The Kier molecular flexibility index (Phi) is 3.73. The molecule has 5 nitrogen and oxygen atoms in total. The summed E-state index contributed by atoms with van der Waals surface area (Å²) < 4.78 is 9.21. The highest BCUT2D eigenvalue weighted by Gasteiger charge is 2.32. The average molecular weight is 238 g/mol. The van der Waals surface area contributed by atoms with E-state index in [0.717, 1.165) is 0 Å². The molecule has 0 saturated heterocycles. The minimum Gasteiger partial charge on any atom is -0.512 e. The molecule has 1 aliphatic carbocycles. The smallest absolute Gasteiger partial charge is 0.339 e. The average Bonchev–Trinajstić information content (AvgIpc) is 2.65. The van der Waals surface area contributed by atoms with Gasteiger partial charge in [0.15, 0.2) is 0 Å². The second-order valence-electron chi connectivity index (χ2n) is 3.56. The van der Waals surface area contributed by atoms with Crippen molar-refractivity contribution in [1.82, 2.24) is 0 Å². The first-order valence-electron chi connectivity index (χ1n) is 4.93. The van der Waals surface area contributed by atoms with E-state index in [-0.39, 0.29) is 22.5 Å². The monoisotopic (exact) mass is 238 g/mol. The Balaban J connectivity index is 3.48. The zero-order chi connectivity index (χ0) is 13.2. The van der Waals surface area contributed by atoms with E-state index in [4.69, 9.17) is 0 Å². The number of carbonyl (C=O) groups excluding carboxylic acids is 2. The largest absolute Gasteiger partial charge is 0.512 e. The summed E-state index contributed by atoms with van der Waals surface area (Å²) in [6, 6.07) is 0. The van der Waals surface area contributed by atoms with Crippen molar-refractivity contribution in [2.45, 2.75) is 13.8 Å². The molecule has 1 rings (SSSR count). The minimum absolute atomic E-state index is 0.0388. The lowest BCUT2D eigenvalue weighted by molar-refractivity contribution is -0.138. The minimum atomic E-state index is -0.679. The predicted molar refractivity (Wildman–Crippen MR) is 60.1 cm³/mol. The van der Waals surface area contributed by atoms with Gasteiger partial charge in [0, 0.05) is 5.57 Å². The van der Waals surface area contributed by atoms with Crippen LogP contribution >= 0.6 is 0 Å². The third kappa shape index (κ3) is 2.22. The maximum atomic E-state index is 11.6. The lowest BCUT2D eigenvalue weighted by atomic mass is 10.0. The van der Waals surface area contributed by atoms with Gasteiger partial charge >= 0.3 is 11.9 Å². The maximum Gasteiger partial charge on any atom is 0.339 e. The van der Waals surface area contributed by atoms with Crippen LogP contribution < -0.4 is 0 Å². The molecule has 0 atom stereocenters. The number of aliphatic hydroxyl groups is 1. The fourth-order valence-electron chi connectivity index (χ4n) is 1.66. The Labute approximate surface area is 99.0 Å². The molecule has 0 aliphatic heterocycles. The first-order valence-corrected chi connectivity index (χ1v) is 4.93. The number of hydrogen-bond donors (Lipinski definition) is 1. The van der Waals surface area contributed by atoms with Crippen LogP contribution in [-0.4, -0.2) is 31.3 Å².